The summed E-state index contributed by atoms with van der Waals surface area (Å²) in [6.45, 7) is 1.32. The van der Waals surface area contributed by atoms with Crippen LogP contribution in [0.2, 0.25) is 0 Å². The molecule has 2 saturated heterocycles. The van der Waals surface area contributed by atoms with Crippen LogP contribution in [-0.2, 0) is 16.1 Å². The predicted octanol–water partition coefficient (Wildman–Crippen LogP) is 0.456. The van der Waals surface area contributed by atoms with Crippen LogP contribution in [0.4, 0.5) is 5.82 Å². The lowest BCUT2D eigenvalue weighted by Gasteiger charge is -2.36. The maximum atomic E-state index is 12.4. The zero-order valence-corrected chi connectivity index (χ0v) is 11.5. The molecule has 0 aromatic carbocycles. The predicted molar refractivity (Wildman–Crippen MR) is 73.9 cm³/mol. The number of piperazine rings is 1. The molecule has 6 nitrogen and oxygen atoms in total. The molecule has 0 radical (unpaired) electrons. The monoisotopic (exact) mass is 274 g/mol. The summed E-state index contributed by atoms with van der Waals surface area (Å²) in [7, 11) is 1.80. The van der Waals surface area contributed by atoms with E-state index < -0.39 is 0 Å². The smallest absolute Gasteiger partial charge is 0.246 e. The van der Waals surface area contributed by atoms with Crippen molar-refractivity contribution >= 4 is 17.6 Å². The summed E-state index contributed by atoms with van der Waals surface area (Å²) in [5, 5.41) is 3.01. The fourth-order valence-corrected chi connectivity index (χ4v) is 3.00. The van der Waals surface area contributed by atoms with Gasteiger partial charge in [-0.1, -0.05) is 6.07 Å². The SMILES string of the molecule is CNc1ncccc1CN1CC(=O)N2CCCC2C1=O. The molecule has 3 heterocycles. The lowest BCUT2D eigenvalue weighted by atomic mass is 10.1. The van der Waals surface area contributed by atoms with E-state index in [1.54, 1.807) is 23.0 Å². The summed E-state index contributed by atoms with van der Waals surface area (Å²) < 4.78 is 0. The topological polar surface area (TPSA) is 65.5 Å². The van der Waals surface area contributed by atoms with E-state index in [1.165, 1.54) is 0 Å². The van der Waals surface area contributed by atoms with Crippen molar-refractivity contribution in [1.29, 1.82) is 0 Å². The van der Waals surface area contributed by atoms with Gasteiger partial charge in [0.15, 0.2) is 0 Å². The van der Waals surface area contributed by atoms with E-state index in [0.29, 0.717) is 6.54 Å². The molecule has 1 N–H and O–H groups in total. The highest BCUT2D eigenvalue weighted by Crippen LogP contribution is 2.25. The number of pyridine rings is 1. The first-order valence-corrected chi connectivity index (χ1v) is 6.90. The maximum absolute atomic E-state index is 12.4. The van der Waals surface area contributed by atoms with Crippen LogP contribution < -0.4 is 5.32 Å². The molecule has 1 atom stereocenters. The number of carbonyl (C=O) groups excluding carboxylic acids is 2. The average Bonchev–Trinajstić information content (AvgIpc) is 2.95. The van der Waals surface area contributed by atoms with Crippen molar-refractivity contribution in [2.45, 2.75) is 25.4 Å². The van der Waals surface area contributed by atoms with Crippen molar-refractivity contribution in [3.63, 3.8) is 0 Å². The van der Waals surface area contributed by atoms with Gasteiger partial charge >= 0.3 is 0 Å². The molecule has 0 saturated carbocycles. The zero-order chi connectivity index (χ0) is 14.1. The second-order valence-corrected chi connectivity index (χ2v) is 5.20. The van der Waals surface area contributed by atoms with E-state index in [0.717, 1.165) is 30.8 Å². The van der Waals surface area contributed by atoms with Gasteiger partial charge in [-0.25, -0.2) is 4.98 Å². The van der Waals surface area contributed by atoms with Crippen LogP contribution in [0.15, 0.2) is 18.3 Å². The second kappa shape index (κ2) is 5.11. The fourth-order valence-electron chi connectivity index (χ4n) is 3.00. The quantitative estimate of drug-likeness (QED) is 0.869. The minimum Gasteiger partial charge on any atom is -0.373 e. The van der Waals surface area contributed by atoms with E-state index in [1.807, 2.05) is 12.1 Å². The van der Waals surface area contributed by atoms with Gasteiger partial charge < -0.3 is 15.1 Å². The molecule has 2 aliphatic heterocycles. The number of anilines is 1. The van der Waals surface area contributed by atoms with Gasteiger partial charge in [-0.05, 0) is 18.9 Å². The molecule has 0 aliphatic carbocycles. The van der Waals surface area contributed by atoms with Gasteiger partial charge in [-0.2, -0.15) is 0 Å². The lowest BCUT2D eigenvalue weighted by molar-refractivity contribution is -0.154. The molecule has 1 aromatic rings. The van der Waals surface area contributed by atoms with Crippen LogP contribution in [0.25, 0.3) is 0 Å². The number of amides is 2. The highest BCUT2D eigenvalue weighted by Gasteiger charge is 2.41. The number of nitrogens with one attached hydrogen (secondary N) is 1. The largest absolute Gasteiger partial charge is 0.373 e. The Morgan fingerprint density at radius 3 is 3.10 bits per heavy atom. The van der Waals surface area contributed by atoms with Gasteiger partial charge in [0, 0.05) is 31.9 Å². The molecular weight excluding hydrogens is 256 g/mol. The van der Waals surface area contributed by atoms with Crippen molar-refractivity contribution in [3.8, 4) is 0 Å². The van der Waals surface area contributed by atoms with Crippen molar-refractivity contribution in [2.24, 2.45) is 0 Å². The second-order valence-electron chi connectivity index (χ2n) is 5.20. The van der Waals surface area contributed by atoms with Crippen molar-refractivity contribution in [2.75, 3.05) is 25.5 Å². The minimum atomic E-state index is -0.244. The van der Waals surface area contributed by atoms with Crippen molar-refractivity contribution < 1.29 is 9.59 Å². The first-order chi connectivity index (χ1) is 9.70. The number of hydrogen-bond acceptors (Lipinski definition) is 4. The van der Waals surface area contributed by atoms with Gasteiger partial charge in [0.05, 0.1) is 0 Å². The molecule has 6 heteroatoms. The third-order valence-corrected chi connectivity index (χ3v) is 3.99. The molecule has 20 heavy (non-hydrogen) atoms. The molecule has 0 spiro atoms. The van der Waals surface area contributed by atoms with Crippen molar-refractivity contribution in [3.05, 3.63) is 23.9 Å². The Morgan fingerprint density at radius 1 is 1.45 bits per heavy atom. The maximum Gasteiger partial charge on any atom is 0.246 e. The Hall–Kier alpha value is -2.11. The number of carbonyl (C=O) groups is 2. The Labute approximate surface area is 117 Å². The number of nitrogens with zero attached hydrogens (tertiary/aromatic N) is 3. The Kier molecular flexibility index (Phi) is 3.30. The van der Waals surface area contributed by atoms with E-state index >= 15 is 0 Å². The fraction of sp³-hybridized carbons (Fsp3) is 0.500. The third kappa shape index (κ3) is 2.11. The Morgan fingerprint density at radius 2 is 2.30 bits per heavy atom. The molecule has 1 aromatic heterocycles. The highest BCUT2D eigenvalue weighted by molar-refractivity contribution is 5.95. The molecule has 1 unspecified atom stereocenters. The molecule has 3 rings (SSSR count). The normalized spacial score (nSPS) is 22.1. The van der Waals surface area contributed by atoms with Crippen LogP contribution in [0, 0.1) is 0 Å². The van der Waals surface area contributed by atoms with Crippen LogP contribution in [0.3, 0.4) is 0 Å². The van der Waals surface area contributed by atoms with E-state index in [9.17, 15) is 9.59 Å². The summed E-state index contributed by atoms with van der Waals surface area (Å²) in [6.07, 6.45) is 3.41. The number of rotatable bonds is 3. The van der Waals surface area contributed by atoms with Crippen LogP contribution in [0.1, 0.15) is 18.4 Å². The van der Waals surface area contributed by atoms with Gasteiger partial charge in [-0.3, -0.25) is 9.59 Å². The van der Waals surface area contributed by atoms with E-state index in [-0.39, 0.29) is 24.4 Å². The summed E-state index contributed by atoms with van der Waals surface area (Å²) in [5.74, 6) is 0.872. The average molecular weight is 274 g/mol. The van der Waals surface area contributed by atoms with Gasteiger partial charge in [0.1, 0.15) is 18.4 Å². The minimum absolute atomic E-state index is 0.0574. The first kappa shape index (κ1) is 12.9. The number of fused-ring (bicyclic) bond motifs is 1. The first-order valence-electron chi connectivity index (χ1n) is 6.90. The van der Waals surface area contributed by atoms with Crippen LogP contribution in [0.5, 0.6) is 0 Å². The van der Waals surface area contributed by atoms with Crippen molar-refractivity contribution in [1.82, 2.24) is 14.8 Å². The number of hydrogen-bond donors (Lipinski definition) is 1. The standard InChI is InChI=1S/C14H18N4O2/c1-15-13-10(4-2-6-16-13)8-17-9-12(19)18-7-3-5-11(18)14(17)20/h2,4,6,11H,3,5,7-9H2,1H3,(H,15,16). The number of aromatic nitrogens is 1. The Balaban J connectivity index is 1.80. The highest BCUT2D eigenvalue weighted by atomic mass is 16.2. The van der Waals surface area contributed by atoms with E-state index in [4.69, 9.17) is 0 Å². The summed E-state index contributed by atoms with van der Waals surface area (Å²) in [5.41, 5.74) is 0.933. The molecule has 2 amide bonds. The van der Waals surface area contributed by atoms with Gasteiger partial charge in [0.2, 0.25) is 11.8 Å². The summed E-state index contributed by atoms with van der Waals surface area (Å²) >= 11 is 0. The Bertz CT molecular complexity index is 546. The van der Waals surface area contributed by atoms with E-state index in [2.05, 4.69) is 10.3 Å². The molecule has 106 valence electrons. The molecular formula is C14H18N4O2. The summed E-state index contributed by atoms with van der Waals surface area (Å²) in [4.78, 5) is 32.1. The lowest BCUT2D eigenvalue weighted by Crippen LogP contribution is -2.56. The van der Waals surface area contributed by atoms with Gasteiger partial charge in [-0.15, -0.1) is 0 Å². The molecule has 0 bridgehead atoms. The summed E-state index contributed by atoms with van der Waals surface area (Å²) in [6, 6.07) is 3.53. The molecule has 2 fully saturated rings. The van der Waals surface area contributed by atoms with Crippen LogP contribution in [-0.4, -0.2) is 52.8 Å². The molecule has 2 aliphatic rings. The zero-order valence-electron chi connectivity index (χ0n) is 11.5. The van der Waals surface area contributed by atoms with Gasteiger partial charge in [0.25, 0.3) is 0 Å². The van der Waals surface area contributed by atoms with Crippen LogP contribution >= 0.6 is 0 Å². The third-order valence-electron chi connectivity index (χ3n) is 3.99.